The van der Waals surface area contributed by atoms with Gasteiger partial charge in [-0.15, -0.1) is 0 Å². The second-order valence-electron chi connectivity index (χ2n) is 8.14. The molecule has 2 heterocycles. The van der Waals surface area contributed by atoms with E-state index in [1.807, 2.05) is 6.07 Å². The Balaban J connectivity index is 1.55. The molecule has 2 aromatic carbocycles. The third-order valence-corrected chi connectivity index (χ3v) is 6.49. The van der Waals surface area contributed by atoms with E-state index in [9.17, 15) is 9.50 Å². The summed E-state index contributed by atoms with van der Waals surface area (Å²) < 4.78 is 24.2. The number of nitrogens with zero attached hydrogens (tertiary/aromatic N) is 1. The van der Waals surface area contributed by atoms with E-state index in [4.69, 9.17) is 9.47 Å². The van der Waals surface area contributed by atoms with Crippen LogP contribution < -0.4 is 9.47 Å². The Morgan fingerprint density at radius 3 is 2.18 bits per heavy atom. The van der Waals surface area contributed by atoms with Gasteiger partial charge in [0.25, 0.3) is 0 Å². The highest BCUT2D eigenvalue weighted by Gasteiger charge is 2.48. The highest BCUT2D eigenvalue weighted by atomic mass is 19.1. The molecule has 2 atom stereocenters. The van der Waals surface area contributed by atoms with Crippen LogP contribution in [0.15, 0.2) is 36.4 Å². The van der Waals surface area contributed by atoms with E-state index in [1.54, 1.807) is 26.4 Å². The number of piperidine rings is 1. The van der Waals surface area contributed by atoms with Crippen molar-refractivity contribution in [3.05, 3.63) is 58.9 Å². The van der Waals surface area contributed by atoms with Gasteiger partial charge in [-0.1, -0.05) is 12.1 Å². The van der Waals surface area contributed by atoms with Crippen LogP contribution in [0.1, 0.15) is 42.4 Å². The summed E-state index contributed by atoms with van der Waals surface area (Å²) in [5.41, 5.74) is 2.36. The molecule has 0 radical (unpaired) electrons. The minimum absolute atomic E-state index is 0.267. The number of hydrogen-bond donors (Lipinski definition) is 1. The van der Waals surface area contributed by atoms with Crippen LogP contribution in [0.2, 0.25) is 0 Å². The second-order valence-corrected chi connectivity index (χ2v) is 8.14. The molecule has 2 bridgehead atoms. The van der Waals surface area contributed by atoms with Gasteiger partial charge in [-0.2, -0.15) is 0 Å². The number of hydrogen-bond acceptors (Lipinski definition) is 4. The van der Waals surface area contributed by atoms with Gasteiger partial charge in [-0.05, 0) is 73.6 Å². The lowest BCUT2D eigenvalue weighted by Gasteiger charge is -2.44. The number of aliphatic hydroxyl groups is 1. The highest BCUT2D eigenvalue weighted by molar-refractivity contribution is 5.47. The molecular weight excluding hydrogens is 357 g/mol. The van der Waals surface area contributed by atoms with Gasteiger partial charge in [0.15, 0.2) is 11.5 Å². The lowest BCUT2D eigenvalue weighted by molar-refractivity contribution is -0.0595. The van der Waals surface area contributed by atoms with Crippen molar-refractivity contribution in [3.63, 3.8) is 0 Å². The van der Waals surface area contributed by atoms with E-state index in [1.165, 1.54) is 23.3 Å². The molecule has 1 N–H and O–H groups in total. The van der Waals surface area contributed by atoms with Gasteiger partial charge in [0.1, 0.15) is 5.82 Å². The number of fused-ring (bicyclic) bond motifs is 2. The summed E-state index contributed by atoms with van der Waals surface area (Å²) >= 11 is 0. The van der Waals surface area contributed by atoms with Crippen molar-refractivity contribution in [2.75, 3.05) is 14.2 Å². The fraction of sp³-hybridized carbons (Fsp3) is 0.478. The Bertz CT molecular complexity index is 838. The van der Waals surface area contributed by atoms with Crippen molar-refractivity contribution in [3.8, 4) is 11.5 Å². The first-order valence-electron chi connectivity index (χ1n) is 9.89. The Labute approximate surface area is 165 Å². The quantitative estimate of drug-likeness (QED) is 0.839. The molecule has 2 aromatic rings. The molecule has 150 valence electrons. The molecule has 2 unspecified atom stereocenters. The lowest BCUT2D eigenvalue weighted by atomic mass is 9.80. The standard InChI is InChI=1S/C23H28FNO3/c1-15-10-21(27-2)22(28-3)11-16(15)14-25-19-8-9-20(25)13-23(26,12-19)17-4-6-18(24)7-5-17/h4-7,10-11,19-20,26H,8-9,12-14H2,1-3H3. The van der Waals surface area contributed by atoms with Gasteiger partial charge in [0, 0.05) is 18.6 Å². The van der Waals surface area contributed by atoms with Crippen LogP contribution in [-0.2, 0) is 12.1 Å². The van der Waals surface area contributed by atoms with Crippen molar-refractivity contribution in [1.82, 2.24) is 4.90 Å². The Kier molecular flexibility index (Phi) is 5.06. The van der Waals surface area contributed by atoms with Crippen molar-refractivity contribution >= 4 is 0 Å². The average molecular weight is 385 g/mol. The van der Waals surface area contributed by atoms with Gasteiger partial charge in [0.05, 0.1) is 19.8 Å². The van der Waals surface area contributed by atoms with Gasteiger partial charge >= 0.3 is 0 Å². The third-order valence-electron chi connectivity index (χ3n) is 6.49. The molecule has 0 spiro atoms. The number of benzene rings is 2. The van der Waals surface area contributed by atoms with Crippen LogP contribution >= 0.6 is 0 Å². The smallest absolute Gasteiger partial charge is 0.161 e. The van der Waals surface area contributed by atoms with Gasteiger partial charge < -0.3 is 14.6 Å². The fourth-order valence-electron chi connectivity index (χ4n) is 4.96. The maximum Gasteiger partial charge on any atom is 0.161 e. The molecule has 0 amide bonds. The third kappa shape index (κ3) is 3.38. The predicted octanol–water partition coefficient (Wildman–Crippen LogP) is 4.17. The molecule has 0 aromatic heterocycles. The minimum atomic E-state index is -0.872. The van der Waals surface area contributed by atoms with E-state index in [-0.39, 0.29) is 5.82 Å². The molecule has 2 fully saturated rings. The topological polar surface area (TPSA) is 41.9 Å². The second kappa shape index (κ2) is 7.37. The average Bonchev–Trinajstić information content (AvgIpc) is 2.93. The SMILES string of the molecule is COc1cc(C)c(CN2C3CCC2CC(O)(c2ccc(F)cc2)C3)cc1OC. The summed E-state index contributed by atoms with van der Waals surface area (Å²) in [7, 11) is 3.31. The van der Waals surface area contributed by atoms with Crippen LogP contribution in [0.4, 0.5) is 4.39 Å². The molecule has 2 aliphatic rings. The lowest BCUT2D eigenvalue weighted by Crippen LogP contribution is -2.49. The number of rotatable bonds is 5. The molecule has 2 aliphatic heterocycles. The minimum Gasteiger partial charge on any atom is -0.493 e. The van der Waals surface area contributed by atoms with Crippen molar-refractivity contribution in [2.45, 2.75) is 56.8 Å². The van der Waals surface area contributed by atoms with Crippen LogP contribution in [0, 0.1) is 12.7 Å². The van der Waals surface area contributed by atoms with Gasteiger partial charge in [0.2, 0.25) is 0 Å². The number of methoxy groups -OCH3 is 2. The van der Waals surface area contributed by atoms with E-state index < -0.39 is 5.60 Å². The zero-order valence-corrected chi connectivity index (χ0v) is 16.7. The largest absolute Gasteiger partial charge is 0.493 e. The number of ether oxygens (including phenoxy) is 2. The molecule has 0 saturated carbocycles. The normalized spacial score (nSPS) is 27.0. The summed E-state index contributed by atoms with van der Waals surface area (Å²) in [4.78, 5) is 2.52. The maximum atomic E-state index is 13.3. The van der Waals surface area contributed by atoms with Crippen LogP contribution in [0.3, 0.4) is 0 Å². The highest BCUT2D eigenvalue weighted by Crippen LogP contribution is 2.46. The predicted molar refractivity (Wildman–Crippen MR) is 106 cm³/mol. The van der Waals surface area contributed by atoms with Crippen LogP contribution in [-0.4, -0.2) is 36.3 Å². The summed E-state index contributed by atoms with van der Waals surface area (Å²) in [5.74, 6) is 1.23. The van der Waals surface area contributed by atoms with E-state index >= 15 is 0 Å². The van der Waals surface area contributed by atoms with E-state index in [0.29, 0.717) is 24.9 Å². The van der Waals surface area contributed by atoms with E-state index in [0.717, 1.165) is 36.4 Å². The number of halogens is 1. The molecule has 4 nitrogen and oxygen atoms in total. The monoisotopic (exact) mass is 385 g/mol. The molecule has 0 aliphatic carbocycles. The van der Waals surface area contributed by atoms with Gasteiger partial charge in [-0.25, -0.2) is 4.39 Å². The Hall–Kier alpha value is -2.11. The summed E-state index contributed by atoms with van der Waals surface area (Å²) in [6.45, 7) is 2.93. The molecular formula is C23H28FNO3. The first-order valence-corrected chi connectivity index (χ1v) is 9.89. The van der Waals surface area contributed by atoms with Crippen molar-refractivity contribution < 1.29 is 19.0 Å². The van der Waals surface area contributed by atoms with Crippen molar-refractivity contribution in [2.24, 2.45) is 0 Å². The maximum absolute atomic E-state index is 13.3. The number of aryl methyl sites for hydroxylation is 1. The van der Waals surface area contributed by atoms with Crippen LogP contribution in [0.25, 0.3) is 0 Å². The molecule has 5 heteroatoms. The van der Waals surface area contributed by atoms with Crippen LogP contribution in [0.5, 0.6) is 11.5 Å². The summed E-state index contributed by atoms with van der Waals surface area (Å²) in [6.07, 6.45) is 3.53. The fourth-order valence-corrected chi connectivity index (χ4v) is 4.96. The summed E-state index contributed by atoms with van der Waals surface area (Å²) in [5, 5.41) is 11.3. The molecule has 2 saturated heterocycles. The zero-order valence-electron chi connectivity index (χ0n) is 16.7. The van der Waals surface area contributed by atoms with E-state index in [2.05, 4.69) is 17.9 Å². The van der Waals surface area contributed by atoms with Gasteiger partial charge in [-0.3, -0.25) is 4.90 Å². The van der Waals surface area contributed by atoms with Crippen molar-refractivity contribution in [1.29, 1.82) is 0 Å². The summed E-state index contributed by atoms with van der Waals surface area (Å²) in [6, 6.07) is 11.1. The Morgan fingerprint density at radius 1 is 1.04 bits per heavy atom. The molecule has 28 heavy (non-hydrogen) atoms. The Morgan fingerprint density at radius 2 is 1.61 bits per heavy atom. The molecule has 4 rings (SSSR count). The zero-order chi connectivity index (χ0) is 19.9. The first-order chi connectivity index (χ1) is 13.4. The first kappa shape index (κ1) is 19.2.